The molecule has 0 aliphatic rings. The van der Waals surface area contributed by atoms with Crippen LogP contribution < -0.4 is 0 Å². The van der Waals surface area contributed by atoms with Gasteiger partial charge in [0.05, 0.1) is 0 Å². The molecule has 0 aromatic heterocycles. The normalized spacial score (nSPS) is 13.2. The van der Waals surface area contributed by atoms with Crippen molar-refractivity contribution in [3.05, 3.63) is 65.7 Å². The van der Waals surface area contributed by atoms with E-state index in [2.05, 4.69) is 43.3 Å². The minimum atomic E-state index is -5.54. The first-order valence-corrected chi connectivity index (χ1v) is 15.1. The molecule has 0 saturated heterocycles. The highest BCUT2D eigenvalue weighted by molar-refractivity contribution is 7.84. The summed E-state index contributed by atoms with van der Waals surface area (Å²) in [6.45, 7) is 2.07. The summed E-state index contributed by atoms with van der Waals surface area (Å²) in [5, 5.41) is 12.1. The van der Waals surface area contributed by atoms with Crippen LogP contribution >= 0.6 is 0 Å². The average molecular weight is 569 g/mol. The van der Waals surface area contributed by atoms with Gasteiger partial charge in [-0.15, -0.1) is 0 Å². The Balaban J connectivity index is 1.38. The molecule has 39 heavy (non-hydrogen) atoms. The summed E-state index contributed by atoms with van der Waals surface area (Å²) in [6, 6.07) is 18.2. The summed E-state index contributed by atoms with van der Waals surface area (Å²) < 4.78 is 74.3. The topological polar surface area (TPSA) is 37.3 Å². The van der Waals surface area contributed by atoms with E-state index in [0.717, 1.165) is 55.7 Å². The maximum absolute atomic E-state index is 12.9. The van der Waals surface area contributed by atoms with E-state index in [4.69, 9.17) is 0 Å². The van der Waals surface area contributed by atoms with Crippen molar-refractivity contribution in [3.63, 3.8) is 0 Å². The van der Waals surface area contributed by atoms with Gasteiger partial charge in [-0.3, -0.25) is 4.21 Å². The highest BCUT2D eigenvalue weighted by atomic mass is 32.2. The largest absolute Gasteiger partial charge is 0.508 e. The molecule has 3 aromatic rings. The molecule has 1 N–H and O–H groups in total. The molecule has 8 heteroatoms. The standard InChI is InChI=1S/C31H37F5O2S/c1-23-11-13-24(14-12-23)27-17-15-25-22-26(37)16-18-28(25)29(27)10-7-5-3-2-4-6-8-20-39(38)21-9-19-30(32,33)31(34,35)36/h11-18,22,37H,2-10,19-21H2,1H3. The first-order chi connectivity index (χ1) is 18.5. The van der Waals surface area contributed by atoms with Crippen LogP contribution in [0, 0.1) is 6.92 Å². The van der Waals surface area contributed by atoms with E-state index >= 15 is 0 Å². The van der Waals surface area contributed by atoms with E-state index in [0.29, 0.717) is 12.2 Å². The number of phenolic OH excluding ortho intramolecular Hbond substituents is 1. The maximum Gasteiger partial charge on any atom is 0.453 e. The van der Waals surface area contributed by atoms with Crippen molar-refractivity contribution in [3.8, 4) is 16.9 Å². The van der Waals surface area contributed by atoms with Crippen molar-refractivity contribution in [1.82, 2.24) is 0 Å². The Labute approximate surface area is 230 Å². The van der Waals surface area contributed by atoms with Gasteiger partial charge in [0, 0.05) is 28.7 Å². The van der Waals surface area contributed by atoms with E-state index in [1.807, 2.05) is 6.07 Å². The average Bonchev–Trinajstić information content (AvgIpc) is 2.87. The molecule has 0 saturated carbocycles. The van der Waals surface area contributed by atoms with Gasteiger partial charge in [-0.1, -0.05) is 80.1 Å². The fourth-order valence-electron chi connectivity index (χ4n) is 4.80. The number of fused-ring (bicyclic) bond motifs is 1. The van der Waals surface area contributed by atoms with Crippen LogP contribution in [0.15, 0.2) is 54.6 Å². The van der Waals surface area contributed by atoms with Crippen molar-refractivity contribution >= 4 is 21.6 Å². The Bertz CT molecular complexity index is 1220. The van der Waals surface area contributed by atoms with Crippen LogP contribution in [-0.2, 0) is 17.2 Å². The second-order valence-corrected chi connectivity index (χ2v) is 11.9. The van der Waals surface area contributed by atoms with Crippen molar-refractivity contribution in [2.75, 3.05) is 11.5 Å². The molecule has 0 aliphatic carbocycles. The first kappa shape index (κ1) is 31.1. The summed E-state index contributed by atoms with van der Waals surface area (Å²) in [7, 11) is -1.36. The molecule has 0 spiro atoms. The third-order valence-electron chi connectivity index (χ3n) is 7.05. The lowest BCUT2D eigenvalue weighted by atomic mass is 9.90. The third-order valence-corrected chi connectivity index (χ3v) is 8.54. The second-order valence-electron chi connectivity index (χ2n) is 10.2. The molecule has 2 nitrogen and oxygen atoms in total. The molecule has 0 radical (unpaired) electrons. The zero-order chi connectivity index (χ0) is 28.5. The number of benzene rings is 3. The molecule has 3 aromatic carbocycles. The molecular formula is C31H37F5O2S. The van der Waals surface area contributed by atoms with Crippen LogP contribution in [0.3, 0.4) is 0 Å². The molecule has 1 unspecified atom stereocenters. The number of hydrogen-bond acceptors (Lipinski definition) is 2. The first-order valence-electron chi connectivity index (χ1n) is 13.6. The lowest BCUT2D eigenvalue weighted by Gasteiger charge is -2.19. The van der Waals surface area contributed by atoms with Crippen molar-refractivity contribution in [2.24, 2.45) is 0 Å². The number of hydrogen-bond donors (Lipinski definition) is 1. The van der Waals surface area contributed by atoms with Gasteiger partial charge in [0.25, 0.3) is 0 Å². The zero-order valence-corrected chi connectivity index (χ0v) is 23.2. The van der Waals surface area contributed by atoms with E-state index in [-0.39, 0.29) is 11.5 Å². The molecular weight excluding hydrogens is 531 g/mol. The lowest BCUT2D eigenvalue weighted by Crippen LogP contribution is -2.36. The minimum absolute atomic E-state index is 0.121. The Hall–Kier alpha value is -2.48. The highest BCUT2D eigenvalue weighted by Crippen LogP contribution is 2.39. The Morgan fingerprint density at radius 2 is 1.36 bits per heavy atom. The second kappa shape index (κ2) is 14.2. The number of aryl methyl sites for hydroxylation is 2. The van der Waals surface area contributed by atoms with Crippen LogP contribution in [0.4, 0.5) is 22.0 Å². The molecule has 0 heterocycles. The molecule has 0 bridgehead atoms. The summed E-state index contributed by atoms with van der Waals surface area (Å²) in [5.74, 6) is -4.24. The maximum atomic E-state index is 12.9. The predicted octanol–water partition coefficient (Wildman–Crippen LogP) is 9.52. The number of halogens is 5. The molecule has 0 fully saturated rings. The molecule has 0 aliphatic heterocycles. The van der Waals surface area contributed by atoms with E-state index < -0.39 is 35.7 Å². The van der Waals surface area contributed by atoms with Gasteiger partial charge >= 0.3 is 12.1 Å². The molecule has 0 amide bonds. The van der Waals surface area contributed by atoms with Gasteiger partial charge in [-0.05, 0) is 72.2 Å². The van der Waals surface area contributed by atoms with E-state index in [1.165, 1.54) is 22.3 Å². The summed E-state index contributed by atoms with van der Waals surface area (Å²) >= 11 is 0. The van der Waals surface area contributed by atoms with Gasteiger partial charge in [-0.25, -0.2) is 0 Å². The summed E-state index contributed by atoms with van der Waals surface area (Å²) in [5.41, 5.74) is 4.88. The van der Waals surface area contributed by atoms with Crippen LogP contribution in [-0.4, -0.2) is 32.9 Å². The van der Waals surface area contributed by atoms with Crippen LogP contribution in [0.5, 0.6) is 5.75 Å². The number of phenols is 1. The van der Waals surface area contributed by atoms with Crippen molar-refractivity contribution in [2.45, 2.75) is 83.2 Å². The Morgan fingerprint density at radius 1 is 0.744 bits per heavy atom. The minimum Gasteiger partial charge on any atom is -0.508 e. The summed E-state index contributed by atoms with van der Waals surface area (Å²) in [6.07, 6.45) is 0.421. The fourth-order valence-corrected chi connectivity index (χ4v) is 6.00. The zero-order valence-electron chi connectivity index (χ0n) is 22.3. The highest BCUT2D eigenvalue weighted by Gasteiger charge is 2.56. The number of unbranched alkanes of at least 4 members (excludes halogenated alkanes) is 6. The van der Waals surface area contributed by atoms with Gasteiger partial charge in [0.2, 0.25) is 0 Å². The predicted molar refractivity (Wildman–Crippen MR) is 150 cm³/mol. The Kier molecular flexibility index (Phi) is 11.3. The lowest BCUT2D eigenvalue weighted by molar-refractivity contribution is -0.284. The van der Waals surface area contributed by atoms with Crippen molar-refractivity contribution < 1.29 is 31.3 Å². The SMILES string of the molecule is Cc1ccc(-c2ccc3cc(O)ccc3c2CCCCCCCCCS(=O)CCCC(F)(F)C(F)(F)F)cc1. The van der Waals surface area contributed by atoms with Crippen LogP contribution in [0.1, 0.15) is 68.9 Å². The molecule has 1 atom stereocenters. The van der Waals surface area contributed by atoms with Gasteiger partial charge in [-0.2, -0.15) is 22.0 Å². The van der Waals surface area contributed by atoms with Gasteiger partial charge < -0.3 is 5.11 Å². The molecule has 3 rings (SSSR count). The van der Waals surface area contributed by atoms with Crippen LogP contribution in [0.25, 0.3) is 21.9 Å². The van der Waals surface area contributed by atoms with Gasteiger partial charge in [0.1, 0.15) is 5.75 Å². The monoisotopic (exact) mass is 568 g/mol. The van der Waals surface area contributed by atoms with E-state index in [9.17, 15) is 31.3 Å². The smallest absolute Gasteiger partial charge is 0.453 e. The van der Waals surface area contributed by atoms with Crippen molar-refractivity contribution in [1.29, 1.82) is 0 Å². The summed E-state index contributed by atoms with van der Waals surface area (Å²) in [4.78, 5) is 0. The van der Waals surface area contributed by atoms with Crippen LogP contribution in [0.2, 0.25) is 0 Å². The molecule has 214 valence electrons. The Morgan fingerprint density at radius 3 is 2.03 bits per heavy atom. The number of alkyl halides is 5. The third kappa shape index (κ3) is 9.30. The number of aromatic hydroxyl groups is 1. The van der Waals surface area contributed by atoms with Gasteiger partial charge in [0.15, 0.2) is 0 Å². The fraction of sp³-hybridized carbons (Fsp3) is 0.484. The quantitative estimate of drug-likeness (QED) is 0.146. The number of rotatable bonds is 15. The van der Waals surface area contributed by atoms with E-state index in [1.54, 1.807) is 12.1 Å².